The first-order valence-electron chi connectivity index (χ1n) is 7.11. The van der Waals surface area contributed by atoms with Crippen molar-refractivity contribution in [2.45, 2.75) is 6.04 Å². The summed E-state index contributed by atoms with van der Waals surface area (Å²) < 4.78 is 1.82. The highest BCUT2D eigenvalue weighted by molar-refractivity contribution is 7.12. The van der Waals surface area contributed by atoms with Gasteiger partial charge < -0.3 is 4.90 Å². The fraction of sp³-hybridized carbons (Fsp3) is 0.188. The normalized spacial score (nSPS) is 14.8. The van der Waals surface area contributed by atoms with Crippen LogP contribution in [0.15, 0.2) is 54.2 Å². The predicted molar refractivity (Wildman–Crippen MR) is 84.7 cm³/mol. The van der Waals surface area contributed by atoms with Gasteiger partial charge in [-0.25, -0.2) is 4.68 Å². The Bertz CT molecular complexity index is 776. The van der Waals surface area contributed by atoms with Gasteiger partial charge in [0.1, 0.15) is 0 Å². The van der Waals surface area contributed by atoms with Gasteiger partial charge >= 0.3 is 0 Å². The lowest BCUT2D eigenvalue weighted by molar-refractivity contribution is 0.0504. The van der Waals surface area contributed by atoms with Gasteiger partial charge in [0.05, 0.1) is 17.1 Å². The predicted octanol–water partition coefficient (Wildman–Crippen LogP) is 2.70. The summed E-state index contributed by atoms with van der Waals surface area (Å²) in [5, 5.41) is 9.78. The number of nitrogens with zero attached hydrogens (tertiary/aromatic N) is 4. The molecule has 1 amide bonds. The highest BCUT2D eigenvalue weighted by Crippen LogP contribution is 2.31. The van der Waals surface area contributed by atoms with Gasteiger partial charge in [-0.1, -0.05) is 35.5 Å². The topological polar surface area (TPSA) is 51.0 Å². The summed E-state index contributed by atoms with van der Waals surface area (Å²) in [6, 6.07) is 12.3. The quantitative estimate of drug-likeness (QED) is 0.747. The number of thiophene rings is 1. The SMILES string of the molecule is O=C(c1sccc1-c1ccccc1)N1CC(n2ccnn2)C1. The first kappa shape index (κ1) is 13.2. The molecule has 0 unspecified atom stereocenters. The smallest absolute Gasteiger partial charge is 0.264 e. The lowest BCUT2D eigenvalue weighted by Gasteiger charge is -2.38. The summed E-state index contributed by atoms with van der Waals surface area (Å²) >= 11 is 1.50. The first-order chi connectivity index (χ1) is 10.8. The molecule has 2 aromatic heterocycles. The molecule has 1 aliphatic rings. The van der Waals surface area contributed by atoms with Crippen molar-refractivity contribution in [1.29, 1.82) is 0 Å². The Hall–Kier alpha value is -2.47. The van der Waals surface area contributed by atoms with Gasteiger partial charge in [0, 0.05) is 24.8 Å². The van der Waals surface area contributed by atoms with Crippen molar-refractivity contribution in [3.05, 3.63) is 59.0 Å². The number of rotatable bonds is 3. The number of carbonyl (C=O) groups excluding carboxylic acids is 1. The van der Waals surface area contributed by atoms with Crippen LogP contribution in [0.2, 0.25) is 0 Å². The van der Waals surface area contributed by atoms with Gasteiger partial charge in [0.15, 0.2) is 0 Å². The summed E-state index contributed by atoms with van der Waals surface area (Å²) in [6.07, 6.45) is 3.50. The number of carbonyl (C=O) groups is 1. The summed E-state index contributed by atoms with van der Waals surface area (Å²) in [4.78, 5) is 15.4. The molecule has 0 aliphatic carbocycles. The number of amides is 1. The fourth-order valence-corrected chi connectivity index (χ4v) is 3.55. The van der Waals surface area contributed by atoms with Crippen LogP contribution in [-0.4, -0.2) is 38.9 Å². The molecule has 3 heterocycles. The molecule has 22 heavy (non-hydrogen) atoms. The Morgan fingerprint density at radius 2 is 2.00 bits per heavy atom. The van der Waals surface area contributed by atoms with E-state index in [0.717, 1.165) is 16.0 Å². The third kappa shape index (κ3) is 2.21. The van der Waals surface area contributed by atoms with Gasteiger partial charge in [-0.2, -0.15) is 0 Å². The van der Waals surface area contributed by atoms with Crippen molar-refractivity contribution < 1.29 is 4.79 Å². The van der Waals surface area contributed by atoms with Crippen LogP contribution in [0.1, 0.15) is 15.7 Å². The molecule has 0 N–H and O–H groups in total. The minimum Gasteiger partial charge on any atom is -0.333 e. The van der Waals surface area contributed by atoms with Crippen molar-refractivity contribution >= 4 is 17.2 Å². The lowest BCUT2D eigenvalue weighted by atomic mass is 10.0. The molecule has 1 aromatic carbocycles. The molecule has 5 nitrogen and oxygen atoms in total. The number of hydrogen-bond donors (Lipinski definition) is 0. The van der Waals surface area contributed by atoms with E-state index < -0.39 is 0 Å². The van der Waals surface area contributed by atoms with Crippen molar-refractivity contribution in [2.24, 2.45) is 0 Å². The maximum absolute atomic E-state index is 12.7. The maximum atomic E-state index is 12.7. The lowest BCUT2D eigenvalue weighted by Crippen LogP contribution is -2.50. The summed E-state index contributed by atoms with van der Waals surface area (Å²) in [7, 11) is 0. The van der Waals surface area contributed by atoms with Gasteiger partial charge in [-0.15, -0.1) is 16.4 Å². The van der Waals surface area contributed by atoms with Crippen LogP contribution >= 0.6 is 11.3 Å². The number of likely N-dealkylation sites (tertiary alicyclic amines) is 1. The average Bonchev–Trinajstić information content (AvgIpc) is 3.18. The second-order valence-electron chi connectivity index (χ2n) is 5.28. The van der Waals surface area contributed by atoms with Crippen molar-refractivity contribution in [2.75, 3.05) is 13.1 Å². The molecule has 3 aromatic rings. The van der Waals surface area contributed by atoms with E-state index in [1.54, 1.807) is 6.20 Å². The van der Waals surface area contributed by atoms with Crippen LogP contribution in [0, 0.1) is 0 Å². The highest BCUT2D eigenvalue weighted by Gasteiger charge is 2.34. The minimum atomic E-state index is 0.102. The second kappa shape index (κ2) is 5.38. The van der Waals surface area contributed by atoms with Gasteiger partial charge in [-0.3, -0.25) is 4.79 Å². The molecule has 110 valence electrons. The number of aromatic nitrogens is 3. The average molecular weight is 310 g/mol. The largest absolute Gasteiger partial charge is 0.333 e. The van der Waals surface area contributed by atoms with E-state index in [1.807, 2.05) is 57.6 Å². The van der Waals surface area contributed by atoms with E-state index in [4.69, 9.17) is 0 Å². The molecular formula is C16H14N4OS. The Morgan fingerprint density at radius 1 is 1.18 bits per heavy atom. The monoisotopic (exact) mass is 310 g/mol. The van der Waals surface area contributed by atoms with Crippen molar-refractivity contribution in [3.63, 3.8) is 0 Å². The van der Waals surface area contributed by atoms with E-state index >= 15 is 0 Å². The molecular weight excluding hydrogens is 296 g/mol. The summed E-state index contributed by atoms with van der Waals surface area (Å²) in [6.45, 7) is 1.38. The van der Waals surface area contributed by atoms with Crippen molar-refractivity contribution in [1.82, 2.24) is 19.9 Å². The van der Waals surface area contributed by atoms with Crippen molar-refractivity contribution in [3.8, 4) is 11.1 Å². The van der Waals surface area contributed by atoms with Crippen LogP contribution in [-0.2, 0) is 0 Å². The van der Waals surface area contributed by atoms with Crippen LogP contribution < -0.4 is 0 Å². The van der Waals surface area contributed by atoms with Gasteiger partial charge in [0.2, 0.25) is 0 Å². The molecule has 0 saturated carbocycles. The first-order valence-corrected chi connectivity index (χ1v) is 7.99. The molecule has 6 heteroatoms. The van der Waals surface area contributed by atoms with Gasteiger partial charge in [0.25, 0.3) is 5.91 Å². The molecule has 4 rings (SSSR count). The molecule has 1 saturated heterocycles. The number of hydrogen-bond acceptors (Lipinski definition) is 4. The zero-order chi connectivity index (χ0) is 14.9. The molecule has 1 aliphatic heterocycles. The highest BCUT2D eigenvalue weighted by atomic mass is 32.1. The Morgan fingerprint density at radius 3 is 2.73 bits per heavy atom. The molecule has 0 spiro atoms. The Labute approximate surface area is 131 Å². The standard InChI is InChI=1S/C16H14N4OS/c21-16(19-10-13(11-19)20-8-7-17-18-20)15-14(6-9-22-15)12-4-2-1-3-5-12/h1-9,13H,10-11H2. The third-order valence-corrected chi connectivity index (χ3v) is 4.81. The molecule has 0 atom stereocenters. The van der Waals surface area contributed by atoms with Crippen LogP contribution in [0.4, 0.5) is 0 Å². The van der Waals surface area contributed by atoms with E-state index in [2.05, 4.69) is 10.3 Å². The fourth-order valence-electron chi connectivity index (χ4n) is 2.66. The van der Waals surface area contributed by atoms with E-state index in [1.165, 1.54) is 11.3 Å². The van der Waals surface area contributed by atoms with Crippen LogP contribution in [0.25, 0.3) is 11.1 Å². The molecule has 0 radical (unpaired) electrons. The van der Waals surface area contributed by atoms with Gasteiger partial charge in [-0.05, 0) is 17.0 Å². The second-order valence-corrected chi connectivity index (χ2v) is 6.19. The van der Waals surface area contributed by atoms with E-state index in [0.29, 0.717) is 13.1 Å². The zero-order valence-electron chi connectivity index (χ0n) is 11.8. The minimum absolute atomic E-state index is 0.102. The van der Waals surface area contributed by atoms with E-state index in [9.17, 15) is 4.79 Å². The summed E-state index contributed by atoms with van der Waals surface area (Å²) in [5.74, 6) is 0.102. The Kier molecular flexibility index (Phi) is 3.23. The third-order valence-electron chi connectivity index (χ3n) is 3.91. The maximum Gasteiger partial charge on any atom is 0.264 e. The number of benzene rings is 1. The summed E-state index contributed by atoms with van der Waals surface area (Å²) in [5.41, 5.74) is 2.10. The van der Waals surface area contributed by atoms with E-state index in [-0.39, 0.29) is 11.9 Å². The molecule has 0 bridgehead atoms. The van der Waals surface area contributed by atoms with Crippen LogP contribution in [0.3, 0.4) is 0 Å². The van der Waals surface area contributed by atoms with Crippen LogP contribution in [0.5, 0.6) is 0 Å². The Balaban J connectivity index is 1.52. The zero-order valence-corrected chi connectivity index (χ0v) is 12.6. The molecule has 1 fully saturated rings.